The highest BCUT2D eigenvalue weighted by molar-refractivity contribution is 5.14. The lowest BCUT2D eigenvalue weighted by atomic mass is 9.83. The van der Waals surface area contributed by atoms with Crippen LogP contribution in [0.1, 0.15) is 32.0 Å². The van der Waals surface area contributed by atoms with E-state index in [1.165, 1.54) is 12.1 Å². The maximum atomic E-state index is 3.52. The topological polar surface area (TPSA) is 27.8 Å². The van der Waals surface area contributed by atoms with E-state index in [1.807, 2.05) is 6.20 Å². The minimum absolute atomic E-state index is 0.394. The summed E-state index contributed by atoms with van der Waals surface area (Å²) in [6.07, 6.45) is 3.25. The van der Waals surface area contributed by atoms with Crippen LogP contribution in [-0.4, -0.2) is 11.5 Å². The van der Waals surface area contributed by atoms with Crippen LogP contribution in [0.4, 0.5) is 0 Å². The van der Waals surface area contributed by atoms with E-state index < -0.39 is 0 Å². The predicted molar refractivity (Wildman–Crippen MR) is 49.9 cm³/mol. The molecule has 0 bridgehead atoms. The van der Waals surface area contributed by atoms with Gasteiger partial charge in [0, 0.05) is 11.9 Å². The molecule has 12 heavy (non-hydrogen) atoms. The van der Waals surface area contributed by atoms with Gasteiger partial charge in [-0.3, -0.25) is 0 Å². The zero-order valence-electron chi connectivity index (χ0n) is 7.72. The van der Waals surface area contributed by atoms with Crippen molar-refractivity contribution in [3.63, 3.8) is 0 Å². The molecule has 2 rings (SSSR count). The minimum atomic E-state index is 0.394. The van der Waals surface area contributed by atoms with E-state index in [-0.39, 0.29) is 0 Å². The first kappa shape index (κ1) is 7.87. The standard InChI is InChI=1S/C10H16N2/c1-10(2)5-7-12-9(10)8-4-3-6-11-8/h3-4,6,9,11-12H,5,7H2,1-2H3. The van der Waals surface area contributed by atoms with Crippen LogP contribution in [0.2, 0.25) is 0 Å². The molecule has 0 saturated carbocycles. The molecule has 1 aromatic heterocycles. The third-order valence-corrected chi connectivity index (χ3v) is 2.83. The fourth-order valence-corrected chi connectivity index (χ4v) is 2.01. The molecule has 2 heterocycles. The SMILES string of the molecule is CC1(C)CCNC1c1ccc[nH]1. The van der Waals surface area contributed by atoms with Crippen LogP contribution in [0.15, 0.2) is 18.3 Å². The summed E-state index contributed by atoms with van der Waals surface area (Å²) in [5.41, 5.74) is 1.71. The number of aromatic nitrogens is 1. The van der Waals surface area contributed by atoms with Crippen LogP contribution in [0.25, 0.3) is 0 Å². The Hall–Kier alpha value is -0.760. The van der Waals surface area contributed by atoms with E-state index in [1.54, 1.807) is 0 Å². The zero-order chi connectivity index (χ0) is 8.60. The van der Waals surface area contributed by atoms with Gasteiger partial charge in [0.25, 0.3) is 0 Å². The van der Waals surface area contributed by atoms with Gasteiger partial charge in [-0.25, -0.2) is 0 Å². The van der Waals surface area contributed by atoms with Crippen LogP contribution >= 0.6 is 0 Å². The Labute approximate surface area is 73.4 Å². The molecule has 1 saturated heterocycles. The summed E-state index contributed by atoms with van der Waals surface area (Å²) in [5.74, 6) is 0. The summed E-state index contributed by atoms with van der Waals surface area (Å²) in [6.45, 7) is 5.77. The Kier molecular flexibility index (Phi) is 1.72. The first-order chi connectivity index (χ1) is 5.70. The van der Waals surface area contributed by atoms with E-state index in [0.29, 0.717) is 11.5 Å². The molecule has 0 amide bonds. The average molecular weight is 164 g/mol. The van der Waals surface area contributed by atoms with Gasteiger partial charge in [-0.2, -0.15) is 0 Å². The zero-order valence-corrected chi connectivity index (χ0v) is 7.72. The summed E-state index contributed by atoms with van der Waals surface area (Å²) >= 11 is 0. The highest BCUT2D eigenvalue weighted by atomic mass is 15.0. The van der Waals surface area contributed by atoms with Gasteiger partial charge in [0.15, 0.2) is 0 Å². The molecular weight excluding hydrogens is 148 g/mol. The van der Waals surface area contributed by atoms with Crippen molar-refractivity contribution in [3.8, 4) is 0 Å². The van der Waals surface area contributed by atoms with Crippen molar-refractivity contribution in [2.45, 2.75) is 26.3 Å². The molecule has 1 aromatic rings. The van der Waals surface area contributed by atoms with E-state index in [4.69, 9.17) is 0 Å². The van der Waals surface area contributed by atoms with Gasteiger partial charge in [-0.05, 0) is 30.5 Å². The fraction of sp³-hybridized carbons (Fsp3) is 0.600. The molecule has 2 N–H and O–H groups in total. The highest BCUT2D eigenvalue weighted by Crippen LogP contribution is 2.39. The second-order valence-electron chi connectivity index (χ2n) is 4.25. The number of hydrogen-bond donors (Lipinski definition) is 2. The molecule has 2 nitrogen and oxygen atoms in total. The summed E-state index contributed by atoms with van der Waals surface area (Å²) in [7, 11) is 0. The van der Waals surface area contributed by atoms with Crippen molar-refractivity contribution in [1.82, 2.24) is 10.3 Å². The van der Waals surface area contributed by atoms with Crippen molar-refractivity contribution < 1.29 is 0 Å². The van der Waals surface area contributed by atoms with Gasteiger partial charge in [0.05, 0.1) is 6.04 Å². The van der Waals surface area contributed by atoms with Crippen LogP contribution in [0.3, 0.4) is 0 Å². The van der Waals surface area contributed by atoms with Crippen LogP contribution < -0.4 is 5.32 Å². The molecule has 0 radical (unpaired) electrons. The van der Waals surface area contributed by atoms with Crippen molar-refractivity contribution in [2.75, 3.05) is 6.54 Å². The molecule has 1 fully saturated rings. The molecule has 1 aliphatic heterocycles. The van der Waals surface area contributed by atoms with E-state index >= 15 is 0 Å². The Morgan fingerprint density at radius 3 is 2.83 bits per heavy atom. The van der Waals surface area contributed by atoms with Crippen LogP contribution in [-0.2, 0) is 0 Å². The average Bonchev–Trinajstić information content (AvgIpc) is 2.55. The molecule has 66 valence electrons. The van der Waals surface area contributed by atoms with Crippen molar-refractivity contribution in [1.29, 1.82) is 0 Å². The minimum Gasteiger partial charge on any atom is -0.364 e. The lowest BCUT2D eigenvalue weighted by Gasteiger charge is -2.25. The van der Waals surface area contributed by atoms with Crippen molar-refractivity contribution in [3.05, 3.63) is 24.0 Å². The summed E-state index contributed by atoms with van der Waals surface area (Å²) in [4.78, 5) is 3.27. The van der Waals surface area contributed by atoms with Gasteiger partial charge in [0.2, 0.25) is 0 Å². The van der Waals surface area contributed by atoms with Crippen LogP contribution in [0, 0.1) is 5.41 Å². The lowest BCUT2D eigenvalue weighted by molar-refractivity contribution is 0.315. The molecule has 1 atom stereocenters. The quantitative estimate of drug-likeness (QED) is 0.653. The first-order valence-electron chi connectivity index (χ1n) is 4.57. The maximum Gasteiger partial charge on any atom is 0.0525 e. The molecule has 1 aliphatic rings. The molecule has 0 aromatic carbocycles. The number of hydrogen-bond acceptors (Lipinski definition) is 1. The van der Waals surface area contributed by atoms with Crippen molar-refractivity contribution >= 4 is 0 Å². The molecular formula is C10H16N2. The van der Waals surface area contributed by atoms with Gasteiger partial charge >= 0.3 is 0 Å². The Balaban J connectivity index is 2.25. The van der Waals surface area contributed by atoms with E-state index in [0.717, 1.165) is 6.54 Å². The summed E-state index contributed by atoms with van der Waals surface area (Å²) in [5, 5.41) is 3.52. The molecule has 0 spiro atoms. The molecule has 0 aliphatic carbocycles. The monoisotopic (exact) mass is 164 g/mol. The first-order valence-corrected chi connectivity index (χ1v) is 4.57. The largest absolute Gasteiger partial charge is 0.364 e. The van der Waals surface area contributed by atoms with Gasteiger partial charge in [0.1, 0.15) is 0 Å². The highest BCUT2D eigenvalue weighted by Gasteiger charge is 2.35. The number of aromatic amines is 1. The fourth-order valence-electron chi connectivity index (χ4n) is 2.01. The van der Waals surface area contributed by atoms with Gasteiger partial charge < -0.3 is 10.3 Å². The Morgan fingerprint density at radius 2 is 2.33 bits per heavy atom. The third kappa shape index (κ3) is 1.16. The van der Waals surface area contributed by atoms with Gasteiger partial charge in [-0.1, -0.05) is 13.8 Å². The maximum absolute atomic E-state index is 3.52. The molecule has 2 heteroatoms. The second kappa shape index (κ2) is 2.63. The summed E-state index contributed by atoms with van der Waals surface area (Å²) in [6, 6.07) is 4.73. The van der Waals surface area contributed by atoms with Crippen LogP contribution in [0.5, 0.6) is 0 Å². The normalized spacial score (nSPS) is 27.7. The Morgan fingerprint density at radius 1 is 1.50 bits per heavy atom. The lowest BCUT2D eigenvalue weighted by Crippen LogP contribution is -2.23. The number of H-pyrrole nitrogens is 1. The predicted octanol–water partition coefficient (Wildman–Crippen LogP) is 2.08. The molecule has 1 unspecified atom stereocenters. The summed E-state index contributed by atoms with van der Waals surface area (Å²) < 4.78 is 0. The van der Waals surface area contributed by atoms with E-state index in [2.05, 4.69) is 36.3 Å². The smallest absolute Gasteiger partial charge is 0.0525 e. The van der Waals surface area contributed by atoms with Gasteiger partial charge in [-0.15, -0.1) is 0 Å². The second-order valence-corrected chi connectivity index (χ2v) is 4.25. The van der Waals surface area contributed by atoms with Crippen molar-refractivity contribution in [2.24, 2.45) is 5.41 Å². The van der Waals surface area contributed by atoms with E-state index in [9.17, 15) is 0 Å². The number of nitrogens with one attached hydrogen (secondary N) is 2. The third-order valence-electron chi connectivity index (χ3n) is 2.83. The number of rotatable bonds is 1. The Bertz CT molecular complexity index is 249.